The number of carbonyl (C=O) groups is 1. The minimum absolute atomic E-state index is 0.0833. The molecule has 1 N–H and O–H groups in total. The molecule has 1 spiro atoms. The maximum atomic E-state index is 12.4. The van der Waals surface area contributed by atoms with E-state index in [4.69, 9.17) is 9.47 Å². The highest BCUT2D eigenvalue weighted by molar-refractivity contribution is 5.81. The van der Waals surface area contributed by atoms with Gasteiger partial charge < -0.3 is 19.7 Å². The molecule has 120 valence electrons. The summed E-state index contributed by atoms with van der Waals surface area (Å²) < 4.78 is 11.3. The lowest BCUT2D eigenvalue weighted by atomic mass is 9.89. The van der Waals surface area contributed by atoms with Crippen LogP contribution in [0.25, 0.3) is 0 Å². The molecular weight excluding hydrogens is 280 g/mol. The molecule has 1 aromatic carbocycles. The van der Waals surface area contributed by atoms with Crippen molar-refractivity contribution in [3.8, 4) is 5.75 Å². The maximum Gasteiger partial charge on any atom is 0.251 e. The summed E-state index contributed by atoms with van der Waals surface area (Å²) in [5.74, 6) is 0.917. The van der Waals surface area contributed by atoms with Gasteiger partial charge in [0.05, 0.1) is 19.3 Å². The van der Waals surface area contributed by atoms with Gasteiger partial charge in [-0.05, 0) is 50.6 Å². The third-order valence-electron chi connectivity index (χ3n) is 4.61. The van der Waals surface area contributed by atoms with Gasteiger partial charge in [-0.3, -0.25) is 4.79 Å². The lowest BCUT2D eigenvalue weighted by Crippen LogP contribution is -2.60. The van der Waals surface area contributed by atoms with Gasteiger partial charge in [-0.25, -0.2) is 0 Å². The lowest BCUT2D eigenvalue weighted by Gasteiger charge is -2.47. The third kappa shape index (κ3) is 3.10. The third-order valence-corrected chi connectivity index (χ3v) is 4.61. The number of morpholine rings is 1. The molecule has 0 bridgehead atoms. The SMILES string of the molecule is COc1ccc(CN2CC3(CCNCC3)O[C@H](C)C2=O)cc1. The summed E-state index contributed by atoms with van der Waals surface area (Å²) in [7, 11) is 1.66. The Morgan fingerprint density at radius 2 is 2.00 bits per heavy atom. The number of carbonyl (C=O) groups excluding carboxylic acids is 1. The molecular formula is C17H24N2O3. The Labute approximate surface area is 131 Å². The molecule has 2 aliphatic heterocycles. The van der Waals surface area contributed by atoms with Crippen LogP contribution in [0.1, 0.15) is 25.3 Å². The smallest absolute Gasteiger partial charge is 0.251 e. The Balaban J connectivity index is 1.73. The van der Waals surface area contributed by atoms with Crippen LogP contribution >= 0.6 is 0 Å². The van der Waals surface area contributed by atoms with Crippen molar-refractivity contribution in [3.63, 3.8) is 0 Å². The van der Waals surface area contributed by atoms with Gasteiger partial charge in [0.25, 0.3) is 5.91 Å². The van der Waals surface area contributed by atoms with Gasteiger partial charge in [0.15, 0.2) is 0 Å². The Morgan fingerprint density at radius 1 is 1.32 bits per heavy atom. The molecule has 5 nitrogen and oxygen atoms in total. The monoisotopic (exact) mass is 304 g/mol. The molecule has 1 aromatic rings. The average molecular weight is 304 g/mol. The highest BCUT2D eigenvalue weighted by Crippen LogP contribution is 2.31. The molecule has 3 rings (SSSR count). The van der Waals surface area contributed by atoms with Crippen molar-refractivity contribution in [2.75, 3.05) is 26.7 Å². The van der Waals surface area contributed by atoms with Crippen molar-refractivity contribution >= 4 is 5.91 Å². The Morgan fingerprint density at radius 3 is 2.64 bits per heavy atom. The van der Waals surface area contributed by atoms with Crippen LogP contribution in [0, 0.1) is 0 Å². The van der Waals surface area contributed by atoms with E-state index in [2.05, 4.69) is 5.32 Å². The number of hydrogen-bond acceptors (Lipinski definition) is 4. The van der Waals surface area contributed by atoms with Gasteiger partial charge in [-0.2, -0.15) is 0 Å². The van der Waals surface area contributed by atoms with E-state index in [9.17, 15) is 4.79 Å². The van der Waals surface area contributed by atoms with E-state index in [0.29, 0.717) is 13.1 Å². The summed E-state index contributed by atoms with van der Waals surface area (Å²) in [6, 6.07) is 7.90. The number of rotatable bonds is 3. The topological polar surface area (TPSA) is 50.8 Å². The van der Waals surface area contributed by atoms with E-state index in [0.717, 1.165) is 37.2 Å². The van der Waals surface area contributed by atoms with Crippen molar-refractivity contribution < 1.29 is 14.3 Å². The highest BCUT2D eigenvalue weighted by atomic mass is 16.5. The fourth-order valence-electron chi connectivity index (χ4n) is 3.39. The second-order valence-corrected chi connectivity index (χ2v) is 6.24. The molecule has 1 atom stereocenters. The minimum Gasteiger partial charge on any atom is -0.497 e. The number of amides is 1. The van der Waals surface area contributed by atoms with Crippen LogP contribution in [0.3, 0.4) is 0 Å². The average Bonchev–Trinajstić information content (AvgIpc) is 2.54. The molecule has 2 aliphatic rings. The van der Waals surface area contributed by atoms with Crippen LogP contribution < -0.4 is 10.1 Å². The minimum atomic E-state index is -0.356. The predicted molar refractivity (Wildman–Crippen MR) is 83.8 cm³/mol. The molecule has 0 radical (unpaired) electrons. The van der Waals surface area contributed by atoms with E-state index in [1.54, 1.807) is 7.11 Å². The zero-order valence-corrected chi connectivity index (χ0v) is 13.3. The van der Waals surface area contributed by atoms with Gasteiger partial charge in [0.2, 0.25) is 0 Å². The first-order valence-electron chi connectivity index (χ1n) is 7.92. The fourth-order valence-corrected chi connectivity index (χ4v) is 3.39. The van der Waals surface area contributed by atoms with Gasteiger partial charge in [0, 0.05) is 6.54 Å². The number of nitrogens with zero attached hydrogens (tertiary/aromatic N) is 1. The summed E-state index contributed by atoms with van der Waals surface area (Å²) in [5, 5.41) is 3.36. The van der Waals surface area contributed by atoms with Crippen LogP contribution in [-0.4, -0.2) is 49.3 Å². The van der Waals surface area contributed by atoms with Crippen LogP contribution in [0.5, 0.6) is 5.75 Å². The van der Waals surface area contributed by atoms with E-state index in [1.165, 1.54) is 0 Å². The van der Waals surface area contributed by atoms with Gasteiger partial charge in [-0.15, -0.1) is 0 Å². The maximum absolute atomic E-state index is 12.4. The fraction of sp³-hybridized carbons (Fsp3) is 0.588. The van der Waals surface area contributed by atoms with E-state index in [-0.39, 0.29) is 17.6 Å². The van der Waals surface area contributed by atoms with E-state index < -0.39 is 0 Å². The van der Waals surface area contributed by atoms with E-state index in [1.807, 2.05) is 36.1 Å². The Kier molecular flexibility index (Phi) is 4.36. The second-order valence-electron chi connectivity index (χ2n) is 6.24. The van der Waals surface area contributed by atoms with Crippen molar-refractivity contribution in [1.29, 1.82) is 0 Å². The van der Waals surface area contributed by atoms with Crippen molar-refractivity contribution in [2.24, 2.45) is 0 Å². The molecule has 0 aromatic heterocycles. The van der Waals surface area contributed by atoms with Crippen LogP contribution in [0.15, 0.2) is 24.3 Å². The molecule has 1 amide bonds. The number of piperidine rings is 1. The molecule has 0 unspecified atom stereocenters. The zero-order chi connectivity index (χ0) is 15.6. The summed E-state index contributed by atoms with van der Waals surface area (Å²) in [6.07, 6.45) is 1.57. The predicted octanol–water partition coefficient (Wildman–Crippen LogP) is 1.56. The number of nitrogens with one attached hydrogen (secondary N) is 1. The quantitative estimate of drug-likeness (QED) is 0.921. The largest absolute Gasteiger partial charge is 0.497 e. The molecule has 2 heterocycles. The first-order valence-corrected chi connectivity index (χ1v) is 7.92. The van der Waals surface area contributed by atoms with E-state index >= 15 is 0 Å². The number of methoxy groups -OCH3 is 1. The molecule has 2 fully saturated rings. The first-order chi connectivity index (χ1) is 10.6. The zero-order valence-electron chi connectivity index (χ0n) is 13.3. The van der Waals surface area contributed by atoms with Crippen molar-refractivity contribution in [3.05, 3.63) is 29.8 Å². The lowest BCUT2D eigenvalue weighted by molar-refractivity contribution is -0.186. The standard InChI is InChI=1S/C17H24N2O3/c1-13-16(20)19(11-14-3-5-15(21-2)6-4-14)12-17(22-13)7-9-18-10-8-17/h3-6,13,18H,7-12H2,1-2H3/t13-/m1/s1. The van der Waals surface area contributed by atoms with Gasteiger partial charge in [-0.1, -0.05) is 12.1 Å². The molecule has 0 aliphatic carbocycles. The first kappa shape index (κ1) is 15.3. The van der Waals surface area contributed by atoms with Crippen molar-refractivity contribution in [2.45, 2.75) is 38.0 Å². The Hall–Kier alpha value is -1.59. The van der Waals surface area contributed by atoms with Crippen molar-refractivity contribution in [1.82, 2.24) is 10.2 Å². The van der Waals surface area contributed by atoms with Crippen LogP contribution in [0.2, 0.25) is 0 Å². The molecule has 0 saturated carbocycles. The summed E-state index contributed by atoms with van der Waals surface area (Å²) in [4.78, 5) is 14.4. The van der Waals surface area contributed by atoms with Crippen LogP contribution in [-0.2, 0) is 16.1 Å². The van der Waals surface area contributed by atoms with Gasteiger partial charge in [0.1, 0.15) is 11.9 Å². The Bertz CT molecular complexity index is 523. The number of hydrogen-bond donors (Lipinski definition) is 1. The molecule has 2 saturated heterocycles. The summed E-state index contributed by atoms with van der Waals surface area (Å²) in [5.41, 5.74) is 0.942. The summed E-state index contributed by atoms with van der Waals surface area (Å²) in [6.45, 7) is 5.09. The summed E-state index contributed by atoms with van der Waals surface area (Å²) >= 11 is 0. The van der Waals surface area contributed by atoms with Crippen LogP contribution in [0.4, 0.5) is 0 Å². The molecule has 5 heteroatoms. The number of ether oxygens (including phenoxy) is 2. The number of benzene rings is 1. The normalized spacial score (nSPS) is 24.5. The highest BCUT2D eigenvalue weighted by Gasteiger charge is 2.43. The molecule has 22 heavy (non-hydrogen) atoms. The van der Waals surface area contributed by atoms with Gasteiger partial charge >= 0.3 is 0 Å². The second kappa shape index (κ2) is 6.26.